The number of hydrogen-bond acceptors (Lipinski definition) is 3. The zero-order valence-corrected chi connectivity index (χ0v) is 11.1. The molecule has 0 amide bonds. The van der Waals surface area contributed by atoms with Gasteiger partial charge in [-0.15, -0.1) is 0 Å². The standard InChI is InChI=1S/C16H16FNO2/c1-20-15-7-6-10(17)8-13(15)16(19)9-14(18)11-4-2-3-5-12(11)16/h2-8,14,19H,9,18H2,1H3. The van der Waals surface area contributed by atoms with E-state index in [0.29, 0.717) is 17.7 Å². The van der Waals surface area contributed by atoms with Crippen LogP contribution < -0.4 is 10.5 Å². The van der Waals surface area contributed by atoms with Gasteiger partial charge < -0.3 is 15.6 Å². The molecule has 1 aliphatic carbocycles. The average Bonchev–Trinajstić information content (AvgIpc) is 2.72. The molecule has 0 saturated carbocycles. The highest BCUT2D eigenvalue weighted by Crippen LogP contribution is 2.48. The van der Waals surface area contributed by atoms with Crippen molar-refractivity contribution in [2.24, 2.45) is 5.73 Å². The maximum Gasteiger partial charge on any atom is 0.125 e. The number of methoxy groups -OCH3 is 1. The van der Waals surface area contributed by atoms with E-state index >= 15 is 0 Å². The molecular formula is C16H16FNO2. The molecule has 4 heteroatoms. The molecule has 0 radical (unpaired) electrons. The molecule has 3 N–H and O–H groups in total. The minimum absolute atomic E-state index is 0.274. The summed E-state index contributed by atoms with van der Waals surface area (Å²) in [4.78, 5) is 0. The molecule has 1 aliphatic rings. The van der Waals surface area contributed by atoms with E-state index < -0.39 is 11.4 Å². The number of hydrogen-bond donors (Lipinski definition) is 2. The van der Waals surface area contributed by atoms with Gasteiger partial charge in [-0.1, -0.05) is 24.3 Å². The number of rotatable bonds is 2. The van der Waals surface area contributed by atoms with Crippen molar-refractivity contribution in [2.75, 3.05) is 7.11 Å². The van der Waals surface area contributed by atoms with Crippen molar-refractivity contribution in [1.29, 1.82) is 0 Å². The molecule has 0 bridgehead atoms. The maximum atomic E-state index is 13.6. The van der Waals surface area contributed by atoms with Crippen molar-refractivity contribution < 1.29 is 14.2 Å². The normalized spacial score (nSPS) is 24.5. The Balaban J connectivity index is 2.22. The van der Waals surface area contributed by atoms with E-state index in [1.54, 1.807) is 0 Å². The van der Waals surface area contributed by atoms with Crippen LogP contribution in [-0.4, -0.2) is 12.2 Å². The first-order valence-electron chi connectivity index (χ1n) is 6.47. The van der Waals surface area contributed by atoms with Gasteiger partial charge >= 0.3 is 0 Å². The van der Waals surface area contributed by atoms with E-state index in [4.69, 9.17) is 10.5 Å². The van der Waals surface area contributed by atoms with Gasteiger partial charge in [0.25, 0.3) is 0 Å². The fraction of sp³-hybridized carbons (Fsp3) is 0.250. The highest BCUT2D eigenvalue weighted by molar-refractivity contribution is 5.51. The van der Waals surface area contributed by atoms with Crippen LogP contribution >= 0.6 is 0 Å². The molecule has 0 spiro atoms. The van der Waals surface area contributed by atoms with Crippen LogP contribution in [0.15, 0.2) is 42.5 Å². The van der Waals surface area contributed by atoms with Crippen LogP contribution in [0.1, 0.15) is 29.2 Å². The molecular weight excluding hydrogens is 257 g/mol. The molecule has 0 aliphatic heterocycles. The second-order valence-corrected chi connectivity index (χ2v) is 5.10. The summed E-state index contributed by atoms with van der Waals surface area (Å²) in [6.07, 6.45) is 0.312. The van der Waals surface area contributed by atoms with Crippen molar-refractivity contribution in [1.82, 2.24) is 0 Å². The highest BCUT2D eigenvalue weighted by atomic mass is 19.1. The summed E-state index contributed by atoms with van der Waals surface area (Å²) in [5.74, 6) is 0.0463. The summed E-state index contributed by atoms with van der Waals surface area (Å²) in [5, 5.41) is 11.1. The Bertz CT molecular complexity index is 659. The Morgan fingerprint density at radius 2 is 2.00 bits per heavy atom. The smallest absolute Gasteiger partial charge is 0.125 e. The predicted octanol–water partition coefficient (Wildman–Crippen LogP) is 2.47. The Labute approximate surface area is 116 Å². The molecule has 0 heterocycles. The molecule has 0 saturated heterocycles. The molecule has 2 aromatic rings. The Morgan fingerprint density at radius 3 is 2.75 bits per heavy atom. The monoisotopic (exact) mass is 273 g/mol. The Morgan fingerprint density at radius 1 is 1.25 bits per heavy atom. The molecule has 3 nitrogen and oxygen atoms in total. The van der Waals surface area contributed by atoms with Crippen LogP contribution in [0.25, 0.3) is 0 Å². The predicted molar refractivity (Wildman–Crippen MR) is 73.9 cm³/mol. The van der Waals surface area contributed by atoms with Crippen LogP contribution in [0.3, 0.4) is 0 Å². The van der Waals surface area contributed by atoms with Crippen LogP contribution in [0, 0.1) is 5.82 Å². The number of nitrogens with two attached hydrogens (primary N) is 1. The molecule has 2 aromatic carbocycles. The Hall–Kier alpha value is -1.91. The van der Waals surface area contributed by atoms with Gasteiger partial charge in [0.15, 0.2) is 0 Å². The van der Waals surface area contributed by atoms with Crippen LogP contribution in [0.5, 0.6) is 5.75 Å². The average molecular weight is 273 g/mol. The van der Waals surface area contributed by atoms with Gasteiger partial charge in [0.1, 0.15) is 17.2 Å². The SMILES string of the molecule is COc1ccc(F)cc1C1(O)CC(N)c2ccccc21. The third-order valence-electron chi connectivity index (χ3n) is 3.93. The van der Waals surface area contributed by atoms with Crippen molar-refractivity contribution in [3.63, 3.8) is 0 Å². The molecule has 20 heavy (non-hydrogen) atoms. The summed E-state index contributed by atoms with van der Waals surface area (Å²) in [6.45, 7) is 0. The topological polar surface area (TPSA) is 55.5 Å². The van der Waals surface area contributed by atoms with Crippen LogP contribution in [0.4, 0.5) is 4.39 Å². The van der Waals surface area contributed by atoms with Crippen LogP contribution in [0.2, 0.25) is 0 Å². The number of ether oxygens (including phenoxy) is 1. The van der Waals surface area contributed by atoms with E-state index in [1.807, 2.05) is 24.3 Å². The molecule has 0 fully saturated rings. The lowest BCUT2D eigenvalue weighted by molar-refractivity contribution is 0.0744. The van der Waals surface area contributed by atoms with Gasteiger partial charge in [0.05, 0.1) is 7.11 Å². The quantitative estimate of drug-likeness (QED) is 0.883. The molecule has 3 rings (SSSR count). The molecule has 2 atom stereocenters. The molecule has 104 valence electrons. The fourth-order valence-electron chi connectivity index (χ4n) is 2.99. The summed E-state index contributed by atoms with van der Waals surface area (Å²) < 4.78 is 18.8. The van der Waals surface area contributed by atoms with Crippen molar-refractivity contribution >= 4 is 0 Å². The van der Waals surface area contributed by atoms with Gasteiger partial charge in [-0.3, -0.25) is 0 Å². The first-order valence-corrected chi connectivity index (χ1v) is 6.47. The lowest BCUT2D eigenvalue weighted by Gasteiger charge is -2.26. The van der Waals surface area contributed by atoms with E-state index in [1.165, 1.54) is 25.3 Å². The summed E-state index contributed by atoms with van der Waals surface area (Å²) in [7, 11) is 1.50. The maximum absolute atomic E-state index is 13.6. The highest BCUT2D eigenvalue weighted by Gasteiger charge is 2.44. The first-order chi connectivity index (χ1) is 9.56. The van der Waals surface area contributed by atoms with Crippen molar-refractivity contribution in [3.05, 3.63) is 65.0 Å². The lowest BCUT2D eigenvalue weighted by Crippen LogP contribution is -2.26. The van der Waals surface area contributed by atoms with Gasteiger partial charge in [-0.25, -0.2) is 4.39 Å². The first kappa shape index (κ1) is 13.1. The minimum atomic E-state index is -1.32. The number of benzene rings is 2. The Kier molecular flexibility index (Phi) is 3.00. The van der Waals surface area contributed by atoms with E-state index in [9.17, 15) is 9.50 Å². The van der Waals surface area contributed by atoms with Gasteiger partial charge in [-0.05, 0) is 29.3 Å². The van der Waals surface area contributed by atoms with E-state index in [2.05, 4.69) is 0 Å². The van der Waals surface area contributed by atoms with E-state index in [0.717, 1.165) is 11.1 Å². The second-order valence-electron chi connectivity index (χ2n) is 5.10. The van der Waals surface area contributed by atoms with Crippen LogP contribution in [-0.2, 0) is 5.60 Å². The van der Waals surface area contributed by atoms with Gasteiger partial charge in [0.2, 0.25) is 0 Å². The zero-order chi connectivity index (χ0) is 14.3. The summed E-state index contributed by atoms with van der Waals surface area (Å²) >= 11 is 0. The number of fused-ring (bicyclic) bond motifs is 1. The van der Waals surface area contributed by atoms with Gasteiger partial charge in [-0.2, -0.15) is 0 Å². The summed E-state index contributed by atoms with van der Waals surface area (Å²) in [6, 6.07) is 11.3. The van der Waals surface area contributed by atoms with Crippen molar-refractivity contribution in [3.8, 4) is 5.75 Å². The molecule has 0 aromatic heterocycles. The number of aliphatic hydroxyl groups is 1. The third kappa shape index (κ3) is 1.80. The third-order valence-corrected chi connectivity index (χ3v) is 3.93. The fourth-order valence-corrected chi connectivity index (χ4v) is 2.99. The number of halogens is 1. The van der Waals surface area contributed by atoms with Crippen molar-refractivity contribution in [2.45, 2.75) is 18.1 Å². The summed E-state index contributed by atoms with van der Waals surface area (Å²) in [5.41, 5.74) is 6.80. The van der Waals surface area contributed by atoms with E-state index in [-0.39, 0.29) is 6.04 Å². The second kappa shape index (κ2) is 4.58. The minimum Gasteiger partial charge on any atom is -0.496 e. The largest absolute Gasteiger partial charge is 0.496 e. The lowest BCUT2D eigenvalue weighted by atomic mass is 9.87. The van der Waals surface area contributed by atoms with Gasteiger partial charge in [0, 0.05) is 18.0 Å². The zero-order valence-electron chi connectivity index (χ0n) is 11.1. The molecule has 2 unspecified atom stereocenters.